The van der Waals surface area contributed by atoms with Crippen LogP contribution in [0.1, 0.15) is 0 Å². The van der Waals surface area contributed by atoms with Crippen molar-refractivity contribution in [2.45, 2.75) is 27.2 Å². The van der Waals surface area contributed by atoms with Crippen molar-refractivity contribution in [3.05, 3.63) is 24.3 Å². The highest BCUT2D eigenvalue weighted by Crippen LogP contribution is 2.49. The lowest BCUT2D eigenvalue weighted by Crippen LogP contribution is -2.58. The van der Waals surface area contributed by atoms with Crippen LogP contribution in [0.2, 0.25) is 0 Å². The number of halogens is 10. The molecule has 0 radical (unpaired) electrons. The average molecular weight is 454 g/mol. The van der Waals surface area contributed by atoms with Gasteiger partial charge in [-0.1, -0.05) is 12.1 Å². The lowest BCUT2D eigenvalue weighted by atomic mass is 10.2. The maximum atomic E-state index is 13.8. The van der Waals surface area contributed by atoms with Gasteiger partial charge >= 0.3 is 22.3 Å². The summed E-state index contributed by atoms with van der Waals surface area (Å²) in [5.74, 6) is -5.59. The van der Waals surface area contributed by atoms with Gasteiger partial charge in [0.15, 0.2) is 0 Å². The van der Waals surface area contributed by atoms with Crippen LogP contribution < -0.4 is 5.32 Å². The third-order valence-electron chi connectivity index (χ3n) is 2.57. The molecule has 1 N–H and O–H groups in total. The SMILES string of the molecule is O=S(=O)(c1ccccc1NC(F)(C(F)(F)F)C(F)(F)Br)C(F)(F)F. The highest BCUT2D eigenvalue weighted by Gasteiger charge is 2.71. The number of rotatable bonds is 4. The zero-order valence-corrected chi connectivity index (χ0v) is 13.2. The molecular formula is C10H5BrF9NO2S. The highest BCUT2D eigenvalue weighted by molar-refractivity contribution is 9.10. The Hall–Kier alpha value is -1.18. The minimum atomic E-state index is -6.31. The summed E-state index contributed by atoms with van der Waals surface area (Å²) < 4.78 is 138. The Labute approximate surface area is 136 Å². The van der Waals surface area contributed by atoms with Crippen molar-refractivity contribution in [2.24, 2.45) is 0 Å². The van der Waals surface area contributed by atoms with Gasteiger partial charge in [-0.15, -0.1) is 0 Å². The second-order valence-electron chi connectivity index (χ2n) is 4.22. The molecule has 0 aromatic heterocycles. The standard InChI is InChI=1S/C10H5BrF9NO2S/c11-8(13,14)7(12,9(15,16)17)21-5-3-1-2-4-6(5)24(22,23)10(18,19)20/h1-4,21H. The molecule has 24 heavy (non-hydrogen) atoms. The molecule has 0 bridgehead atoms. The molecule has 1 aromatic rings. The van der Waals surface area contributed by atoms with E-state index in [9.17, 15) is 47.9 Å². The Morgan fingerprint density at radius 1 is 0.875 bits per heavy atom. The van der Waals surface area contributed by atoms with E-state index in [2.05, 4.69) is 0 Å². The van der Waals surface area contributed by atoms with E-state index < -0.39 is 42.7 Å². The summed E-state index contributed by atoms with van der Waals surface area (Å²) >= 11 is 1.15. The molecule has 0 fully saturated rings. The van der Waals surface area contributed by atoms with Gasteiger partial charge in [0.05, 0.1) is 10.6 Å². The number of sulfone groups is 1. The zero-order chi connectivity index (χ0) is 19.2. The van der Waals surface area contributed by atoms with E-state index in [1.54, 1.807) is 0 Å². The number of hydrogen-bond donors (Lipinski definition) is 1. The molecule has 1 rings (SSSR count). The average Bonchev–Trinajstić information content (AvgIpc) is 2.35. The molecule has 0 spiro atoms. The van der Waals surface area contributed by atoms with Gasteiger partial charge < -0.3 is 5.32 Å². The van der Waals surface area contributed by atoms with E-state index in [-0.39, 0.29) is 12.1 Å². The smallest absolute Gasteiger partial charge is 0.339 e. The van der Waals surface area contributed by atoms with Crippen LogP contribution in [0.25, 0.3) is 0 Å². The molecule has 1 atom stereocenters. The summed E-state index contributed by atoms with van der Waals surface area (Å²) in [6.45, 7) is 0. The van der Waals surface area contributed by atoms with Gasteiger partial charge in [-0.05, 0) is 28.1 Å². The van der Waals surface area contributed by atoms with Crippen LogP contribution in [-0.2, 0) is 9.84 Å². The molecular weight excluding hydrogens is 449 g/mol. The minimum Gasteiger partial charge on any atom is -0.339 e. The number of benzene rings is 1. The molecule has 0 aliphatic carbocycles. The molecule has 0 amide bonds. The largest absolute Gasteiger partial charge is 0.501 e. The maximum absolute atomic E-state index is 13.8. The van der Waals surface area contributed by atoms with E-state index in [0.717, 1.165) is 22.0 Å². The number of para-hydroxylation sites is 1. The number of anilines is 1. The molecule has 0 aliphatic rings. The molecule has 0 saturated carbocycles. The molecule has 3 nitrogen and oxygen atoms in total. The number of nitrogens with one attached hydrogen (secondary N) is 1. The van der Waals surface area contributed by atoms with Gasteiger partial charge in [0, 0.05) is 0 Å². The first-order chi connectivity index (χ1) is 10.5. The van der Waals surface area contributed by atoms with Crippen molar-refractivity contribution in [1.29, 1.82) is 0 Å². The van der Waals surface area contributed by atoms with Crippen molar-refractivity contribution >= 4 is 31.5 Å². The third-order valence-corrected chi connectivity index (χ3v) is 4.66. The first-order valence-corrected chi connectivity index (χ1v) is 7.73. The van der Waals surface area contributed by atoms with Crippen molar-refractivity contribution in [1.82, 2.24) is 0 Å². The fourth-order valence-corrected chi connectivity index (χ4v) is 2.66. The fourth-order valence-electron chi connectivity index (χ4n) is 1.42. The normalized spacial score (nSPS) is 16.6. The van der Waals surface area contributed by atoms with Crippen LogP contribution in [0.4, 0.5) is 45.2 Å². The van der Waals surface area contributed by atoms with Gasteiger partial charge in [0.1, 0.15) is 0 Å². The van der Waals surface area contributed by atoms with Crippen molar-refractivity contribution in [2.75, 3.05) is 5.32 Å². The predicted octanol–water partition coefficient (Wildman–Crippen LogP) is 4.61. The summed E-state index contributed by atoms with van der Waals surface area (Å²) in [4.78, 5) is -7.17. The van der Waals surface area contributed by atoms with E-state index in [1.807, 2.05) is 0 Å². The van der Waals surface area contributed by atoms with E-state index in [1.165, 1.54) is 0 Å². The molecule has 138 valence electrons. The van der Waals surface area contributed by atoms with Crippen LogP contribution in [0.3, 0.4) is 0 Å². The molecule has 14 heteroatoms. The summed E-state index contributed by atoms with van der Waals surface area (Å²) in [5.41, 5.74) is -7.59. The monoisotopic (exact) mass is 453 g/mol. The lowest BCUT2D eigenvalue weighted by molar-refractivity contribution is -0.263. The summed E-state index contributed by atoms with van der Waals surface area (Å²) in [6.07, 6.45) is -6.31. The summed E-state index contributed by atoms with van der Waals surface area (Å²) in [6, 6.07) is 1.87. The highest BCUT2D eigenvalue weighted by atomic mass is 79.9. The second-order valence-corrected chi connectivity index (χ2v) is 7.13. The van der Waals surface area contributed by atoms with Crippen molar-refractivity contribution < 1.29 is 47.9 Å². The van der Waals surface area contributed by atoms with Crippen LogP contribution in [-0.4, -0.2) is 30.7 Å². The van der Waals surface area contributed by atoms with Gasteiger partial charge in [-0.25, -0.2) is 12.8 Å². The first kappa shape index (κ1) is 20.9. The Morgan fingerprint density at radius 2 is 1.33 bits per heavy atom. The third kappa shape index (κ3) is 3.58. The van der Waals surface area contributed by atoms with Crippen LogP contribution in [0.15, 0.2) is 29.2 Å². The van der Waals surface area contributed by atoms with Gasteiger partial charge in [0.2, 0.25) is 0 Å². The fraction of sp³-hybridized carbons (Fsp3) is 0.400. The zero-order valence-electron chi connectivity index (χ0n) is 10.8. The van der Waals surface area contributed by atoms with Gasteiger partial charge in [-0.3, -0.25) is 0 Å². The van der Waals surface area contributed by atoms with Crippen molar-refractivity contribution in [3.63, 3.8) is 0 Å². The number of alkyl halides is 10. The predicted molar refractivity (Wildman–Crippen MR) is 67.1 cm³/mol. The van der Waals surface area contributed by atoms with E-state index in [4.69, 9.17) is 0 Å². The summed E-state index contributed by atoms with van der Waals surface area (Å²) in [7, 11) is -6.23. The van der Waals surface area contributed by atoms with Crippen LogP contribution in [0.5, 0.6) is 0 Å². The number of hydrogen-bond acceptors (Lipinski definition) is 3. The van der Waals surface area contributed by atoms with E-state index >= 15 is 0 Å². The quantitative estimate of drug-likeness (QED) is 0.411. The Balaban J connectivity index is 3.57. The Kier molecular flexibility index (Phi) is 5.19. The minimum absolute atomic E-state index is 0.189. The van der Waals surface area contributed by atoms with Crippen molar-refractivity contribution in [3.8, 4) is 0 Å². The molecule has 0 saturated heterocycles. The summed E-state index contributed by atoms with van der Waals surface area (Å²) in [5, 5.41) is 0.514. The first-order valence-electron chi connectivity index (χ1n) is 5.46. The Morgan fingerprint density at radius 3 is 1.71 bits per heavy atom. The Bertz CT molecular complexity index is 694. The molecule has 0 aliphatic heterocycles. The van der Waals surface area contributed by atoms with Gasteiger partial charge in [0.25, 0.3) is 9.84 Å². The maximum Gasteiger partial charge on any atom is 0.501 e. The van der Waals surface area contributed by atoms with Gasteiger partial charge in [-0.2, -0.15) is 35.1 Å². The molecule has 1 unspecified atom stereocenters. The molecule has 1 aromatic carbocycles. The van der Waals surface area contributed by atoms with Crippen LogP contribution in [0, 0.1) is 0 Å². The lowest BCUT2D eigenvalue weighted by Gasteiger charge is -2.33. The van der Waals surface area contributed by atoms with Crippen LogP contribution >= 0.6 is 15.9 Å². The second kappa shape index (κ2) is 5.97. The van der Waals surface area contributed by atoms with E-state index in [0.29, 0.717) is 11.4 Å². The molecule has 0 heterocycles. The topological polar surface area (TPSA) is 46.2 Å².